The van der Waals surface area contributed by atoms with E-state index in [0.29, 0.717) is 23.9 Å². The summed E-state index contributed by atoms with van der Waals surface area (Å²) in [6.45, 7) is 4.27. The Kier molecular flexibility index (Phi) is 5.98. The standard InChI is InChI=1S/C19H24Cl2N2O3/c1-12-7-10-22(11-8-12)18(24)15-4-3-9-23(15)19(25)16-13(20)5-6-14(21)17(16)26-2/h5-6,12,15H,3-4,7-11H2,1-2H3/t15-/m0/s1. The van der Waals surface area contributed by atoms with Crippen LogP contribution in [-0.2, 0) is 4.79 Å². The number of methoxy groups -OCH3 is 1. The molecule has 0 aliphatic carbocycles. The Morgan fingerprint density at radius 1 is 1.08 bits per heavy atom. The molecule has 1 aromatic rings. The smallest absolute Gasteiger partial charge is 0.259 e. The number of likely N-dealkylation sites (tertiary alicyclic amines) is 2. The number of benzene rings is 1. The van der Waals surface area contributed by atoms with E-state index in [4.69, 9.17) is 27.9 Å². The predicted molar refractivity (Wildman–Crippen MR) is 102 cm³/mol. The van der Waals surface area contributed by atoms with Crippen molar-refractivity contribution in [1.82, 2.24) is 9.80 Å². The molecule has 1 atom stereocenters. The summed E-state index contributed by atoms with van der Waals surface area (Å²) in [7, 11) is 1.45. The fourth-order valence-corrected chi connectivity index (χ4v) is 4.25. The highest BCUT2D eigenvalue weighted by Crippen LogP contribution is 2.36. The van der Waals surface area contributed by atoms with E-state index in [0.717, 1.165) is 32.4 Å². The van der Waals surface area contributed by atoms with E-state index in [1.54, 1.807) is 17.0 Å². The maximum Gasteiger partial charge on any atom is 0.259 e. The third-order valence-electron chi connectivity index (χ3n) is 5.37. The zero-order valence-electron chi connectivity index (χ0n) is 15.1. The van der Waals surface area contributed by atoms with Gasteiger partial charge in [0, 0.05) is 19.6 Å². The molecular formula is C19H24Cl2N2O3. The number of hydrogen-bond donors (Lipinski definition) is 0. The first-order valence-electron chi connectivity index (χ1n) is 9.05. The number of rotatable bonds is 3. The first kappa shape index (κ1) is 19.3. The summed E-state index contributed by atoms with van der Waals surface area (Å²) >= 11 is 12.4. The number of hydrogen-bond acceptors (Lipinski definition) is 3. The Balaban J connectivity index is 1.83. The molecule has 3 rings (SSSR count). The molecule has 7 heteroatoms. The van der Waals surface area contributed by atoms with Crippen LogP contribution in [-0.4, -0.2) is 54.4 Å². The Morgan fingerprint density at radius 3 is 2.38 bits per heavy atom. The van der Waals surface area contributed by atoms with Gasteiger partial charge < -0.3 is 14.5 Å². The van der Waals surface area contributed by atoms with Crippen LogP contribution in [0.15, 0.2) is 12.1 Å². The van der Waals surface area contributed by atoms with Gasteiger partial charge in [0.2, 0.25) is 5.91 Å². The van der Waals surface area contributed by atoms with Gasteiger partial charge in [0.05, 0.1) is 17.2 Å². The average Bonchev–Trinajstić information content (AvgIpc) is 3.12. The molecule has 0 unspecified atom stereocenters. The van der Waals surface area contributed by atoms with Crippen LogP contribution >= 0.6 is 23.2 Å². The summed E-state index contributed by atoms with van der Waals surface area (Å²) in [4.78, 5) is 29.7. The molecule has 0 N–H and O–H groups in total. The Hall–Kier alpha value is -1.46. The summed E-state index contributed by atoms with van der Waals surface area (Å²) in [6, 6.07) is 2.75. The third kappa shape index (κ3) is 3.65. The van der Waals surface area contributed by atoms with E-state index < -0.39 is 6.04 Å². The fourth-order valence-electron chi connectivity index (χ4n) is 3.78. The molecule has 2 fully saturated rings. The van der Waals surface area contributed by atoms with Crippen LogP contribution in [0.25, 0.3) is 0 Å². The van der Waals surface area contributed by atoms with Gasteiger partial charge in [0.1, 0.15) is 11.6 Å². The monoisotopic (exact) mass is 398 g/mol. The van der Waals surface area contributed by atoms with E-state index in [2.05, 4.69) is 6.92 Å². The fraction of sp³-hybridized carbons (Fsp3) is 0.579. The van der Waals surface area contributed by atoms with E-state index in [1.165, 1.54) is 7.11 Å². The summed E-state index contributed by atoms with van der Waals surface area (Å²) in [5.74, 6) is 0.652. The number of nitrogens with zero attached hydrogens (tertiary/aromatic N) is 2. The molecule has 2 aliphatic heterocycles. The number of piperidine rings is 1. The molecule has 1 aromatic carbocycles. The van der Waals surface area contributed by atoms with Crippen LogP contribution in [0.5, 0.6) is 5.75 Å². The molecule has 2 amide bonds. The second-order valence-corrected chi connectivity index (χ2v) is 7.92. The lowest BCUT2D eigenvalue weighted by molar-refractivity contribution is -0.136. The summed E-state index contributed by atoms with van der Waals surface area (Å²) in [5.41, 5.74) is 0.230. The van der Waals surface area contributed by atoms with Gasteiger partial charge in [-0.05, 0) is 43.7 Å². The molecular weight excluding hydrogens is 375 g/mol. The molecule has 5 nitrogen and oxygen atoms in total. The lowest BCUT2D eigenvalue weighted by Crippen LogP contribution is -2.50. The number of carbonyl (C=O) groups excluding carboxylic acids is 2. The third-order valence-corrected chi connectivity index (χ3v) is 5.98. The van der Waals surface area contributed by atoms with Crippen molar-refractivity contribution in [3.8, 4) is 5.75 Å². The second kappa shape index (κ2) is 8.05. The topological polar surface area (TPSA) is 49.9 Å². The number of ether oxygens (including phenoxy) is 1. The van der Waals surface area contributed by atoms with Crippen molar-refractivity contribution in [3.63, 3.8) is 0 Å². The van der Waals surface area contributed by atoms with Crippen molar-refractivity contribution >= 4 is 35.0 Å². The SMILES string of the molecule is COc1c(Cl)ccc(Cl)c1C(=O)N1CCC[C@H]1C(=O)N1CCC(C)CC1. The summed E-state index contributed by atoms with van der Waals surface area (Å²) in [6.07, 6.45) is 3.50. The van der Waals surface area contributed by atoms with Gasteiger partial charge in [-0.1, -0.05) is 30.1 Å². The van der Waals surface area contributed by atoms with Crippen molar-refractivity contribution in [2.75, 3.05) is 26.7 Å². The van der Waals surface area contributed by atoms with E-state index in [9.17, 15) is 9.59 Å². The zero-order valence-corrected chi connectivity index (χ0v) is 16.6. The molecule has 0 radical (unpaired) electrons. The van der Waals surface area contributed by atoms with Crippen molar-refractivity contribution in [2.45, 2.75) is 38.6 Å². The highest BCUT2D eigenvalue weighted by Gasteiger charge is 2.39. The lowest BCUT2D eigenvalue weighted by atomic mass is 9.98. The minimum atomic E-state index is -0.435. The maximum atomic E-state index is 13.2. The highest BCUT2D eigenvalue weighted by molar-refractivity contribution is 6.37. The van der Waals surface area contributed by atoms with Gasteiger partial charge in [0.25, 0.3) is 5.91 Å². The Labute approximate surface area is 164 Å². The normalized spacial score (nSPS) is 21.2. The Bertz CT molecular complexity index is 702. The maximum absolute atomic E-state index is 13.2. The molecule has 0 spiro atoms. The molecule has 26 heavy (non-hydrogen) atoms. The average molecular weight is 399 g/mol. The van der Waals surface area contributed by atoms with Gasteiger partial charge in [-0.3, -0.25) is 9.59 Å². The van der Waals surface area contributed by atoms with Gasteiger partial charge in [0.15, 0.2) is 5.75 Å². The Morgan fingerprint density at radius 2 is 1.73 bits per heavy atom. The molecule has 0 aromatic heterocycles. The number of amides is 2. The van der Waals surface area contributed by atoms with Crippen LogP contribution in [0.4, 0.5) is 0 Å². The van der Waals surface area contributed by atoms with Crippen LogP contribution in [0.1, 0.15) is 43.0 Å². The van der Waals surface area contributed by atoms with Gasteiger partial charge in [-0.2, -0.15) is 0 Å². The van der Waals surface area contributed by atoms with E-state index >= 15 is 0 Å². The molecule has 2 saturated heterocycles. The van der Waals surface area contributed by atoms with Crippen molar-refractivity contribution in [3.05, 3.63) is 27.7 Å². The first-order chi connectivity index (χ1) is 12.4. The van der Waals surface area contributed by atoms with Crippen LogP contribution in [0.2, 0.25) is 10.0 Å². The molecule has 0 bridgehead atoms. The summed E-state index contributed by atoms with van der Waals surface area (Å²) in [5, 5.41) is 0.605. The second-order valence-electron chi connectivity index (χ2n) is 7.10. The molecule has 0 saturated carbocycles. The number of carbonyl (C=O) groups is 2. The minimum absolute atomic E-state index is 0.0415. The van der Waals surface area contributed by atoms with Crippen LogP contribution < -0.4 is 4.74 Å². The van der Waals surface area contributed by atoms with Crippen molar-refractivity contribution < 1.29 is 14.3 Å². The van der Waals surface area contributed by atoms with Gasteiger partial charge >= 0.3 is 0 Å². The highest BCUT2D eigenvalue weighted by atomic mass is 35.5. The largest absolute Gasteiger partial charge is 0.494 e. The molecule has 142 valence electrons. The quantitative estimate of drug-likeness (QED) is 0.776. The van der Waals surface area contributed by atoms with Gasteiger partial charge in [-0.25, -0.2) is 0 Å². The predicted octanol–water partition coefficient (Wildman–Crippen LogP) is 3.87. The van der Waals surface area contributed by atoms with Crippen LogP contribution in [0, 0.1) is 5.92 Å². The lowest BCUT2D eigenvalue weighted by Gasteiger charge is -2.34. The van der Waals surface area contributed by atoms with Gasteiger partial charge in [-0.15, -0.1) is 0 Å². The number of halogens is 2. The van der Waals surface area contributed by atoms with E-state index in [-0.39, 0.29) is 28.1 Å². The molecule has 2 aliphatic rings. The van der Waals surface area contributed by atoms with E-state index in [1.807, 2.05) is 4.90 Å². The zero-order chi connectivity index (χ0) is 18.8. The molecule has 2 heterocycles. The van der Waals surface area contributed by atoms with Crippen molar-refractivity contribution in [2.24, 2.45) is 5.92 Å². The summed E-state index contributed by atoms with van der Waals surface area (Å²) < 4.78 is 5.30. The van der Waals surface area contributed by atoms with Crippen molar-refractivity contribution in [1.29, 1.82) is 0 Å². The first-order valence-corrected chi connectivity index (χ1v) is 9.81. The minimum Gasteiger partial charge on any atom is -0.494 e. The van der Waals surface area contributed by atoms with Crippen LogP contribution in [0.3, 0.4) is 0 Å².